The van der Waals surface area contributed by atoms with Crippen LogP contribution < -0.4 is 4.90 Å². The fourth-order valence-corrected chi connectivity index (χ4v) is 1.74. The molecular weight excluding hydrogens is 275 g/mol. The maximum absolute atomic E-state index is 13.6. The standard InChI is InChI=1S/C11H16BrFN2O/c1-2-3-4-15(5-6-16)11-10(13)7-9(12)8-14-11/h7-8,16H,2-6H2,1H3. The molecule has 1 N–H and O–H groups in total. The number of rotatable bonds is 6. The first-order valence-corrected chi connectivity index (χ1v) is 6.15. The molecule has 0 atom stereocenters. The van der Waals surface area contributed by atoms with Crippen LogP contribution in [0.3, 0.4) is 0 Å². The lowest BCUT2D eigenvalue weighted by molar-refractivity contribution is 0.301. The second-order valence-electron chi connectivity index (χ2n) is 3.52. The van der Waals surface area contributed by atoms with Gasteiger partial charge in [-0.15, -0.1) is 0 Å². The van der Waals surface area contributed by atoms with Crippen LogP contribution in [0.5, 0.6) is 0 Å². The van der Waals surface area contributed by atoms with Crippen molar-refractivity contribution in [2.24, 2.45) is 0 Å². The molecule has 0 aromatic carbocycles. The van der Waals surface area contributed by atoms with E-state index in [4.69, 9.17) is 5.11 Å². The Kier molecular flexibility index (Phi) is 5.69. The van der Waals surface area contributed by atoms with Gasteiger partial charge in [0.1, 0.15) is 0 Å². The van der Waals surface area contributed by atoms with Gasteiger partial charge in [-0.25, -0.2) is 9.37 Å². The second kappa shape index (κ2) is 6.81. The van der Waals surface area contributed by atoms with Crippen molar-refractivity contribution in [3.8, 4) is 0 Å². The zero-order valence-electron chi connectivity index (χ0n) is 9.29. The van der Waals surface area contributed by atoms with Crippen molar-refractivity contribution in [3.63, 3.8) is 0 Å². The SMILES string of the molecule is CCCCN(CCO)c1ncc(Br)cc1F. The van der Waals surface area contributed by atoms with Crippen molar-refractivity contribution in [1.29, 1.82) is 0 Å². The van der Waals surface area contributed by atoms with Crippen molar-refractivity contribution in [2.75, 3.05) is 24.6 Å². The average molecular weight is 291 g/mol. The molecule has 0 aliphatic rings. The first-order valence-electron chi connectivity index (χ1n) is 5.36. The summed E-state index contributed by atoms with van der Waals surface area (Å²) in [6.07, 6.45) is 3.55. The number of hydrogen-bond donors (Lipinski definition) is 1. The average Bonchev–Trinajstić information content (AvgIpc) is 2.25. The van der Waals surface area contributed by atoms with Crippen LogP contribution >= 0.6 is 15.9 Å². The molecule has 0 radical (unpaired) electrons. The predicted octanol–water partition coefficient (Wildman–Crippen LogP) is 2.58. The van der Waals surface area contributed by atoms with Gasteiger partial charge in [-0.2, -0.15) is 0 Å². The summed E-state index contributed by atoms with van der Waals surface area (Å²) >= 11 is 3.17. The first kappa shape index (κ1) is 13.4. The van der Waals surface area contributed by atoms with Crippen LogP contribution in [0.1, 0.15) is 19.8 Å². The Balaban J connectivity index is 2.82. The van der Waals surface area contributed by atoms with Crippen LogP contribution in [0.4, 0.5) is 10.2 Å². The van der Waals surface area contributed by atoms with Gasteiger partial charge in [0.05, 0.1) is 6.61 Å². The molecule has 1 rings (SSSR count). The number of aliphatic hydroxyl groups excluding tert-OH is 1. The summed E-state index contributed by atoms with van der Waals surface area (Å²) < 4.78 is 14.3. The largest absolute Gasteiger partial charge is 0.395 e. The summed E-state index contributed by atoms with van der Waals surface area (Å²) in [6, 6.07) is 1.39. The van der Waals surface area contributed by atoms with Gasteiger partial charge in [0, 0.05) is 23.8 Å². The summed E-state index contributed by atoms with van der Waals surface area (Å²) in [4.78, 5) is 5.81. The predicted molar refractivity (Wildman–Crippen MR) is 66.1 cm³/mol. The Morgan fingerprint density at radius 1 is 1.50 bits per heavy atom. The highest BCUT2D eigenvalue weighted by atomic mass is 79.9. The van der Waals surface area contributed by atoms with E-state index in [0.717, 1.165) is 12.8 Å². The molecule has 0 saturated heterocycles. The highest BCUT2D eigenvalue weighted by Crippen LogP contribution is 2.20. The van der Waals surface area contributed by atoms with Gasteiger partial charge in [-0.1, -0.05) is 13.3 Å². The van der Waals surface area contributed by atoms with Crippen molar-refractivity contribution < 1.29 is 9.50 Å². The number of anilines is 1. The Bertz CT molecular complexity index is 336. The molecule has 90 valence electrons. The van der Waals surface area contributed by atoms with E-state index in [1.807, 2.05) is 0 Å². The maximum Gasteiger partial charge on any atom is 0.166 e. The number of pyridine rings is 1. The van der Waals surface area contributed by atoms with E-state index in [-0.39, 0.29) is 12.4 Å². The number of halogens is 2. The zero-order chi connectivity index (χ0) is 12.0. The van der Waals surface area contributed by atoms with E-state index in [1.54, 1.807) is 11.1 Å². The minimum absolute atomic E-state index is 0.000891. The maximum atomic E-state index is 13.6. The molecule has 0 aliphatic heterocycles. The molecule has 5 heteroatoms. The Morgan fingerprint density at radius 3 is 2.81 bits per heavy atom. The van der Waals surface area contributed by atoms with Crippen molar-refractivity contribution in [1.82, 2.24) is 4.98 Å². The van der Waals surface area contributed by atoms with Crippen LogP contribution in [0, 0.1) is 5.82 Å². The van der Waals surface area contributed by atoms with Gasteiger partial charge >= 0.3 is 0 Å². The fourth-order valence-electron chi connectivity index (χ4n) is 1.43. The molecule has 1 aromatic rings. The van der Waals surface area contributed by atoms with Crippen molar-refractivity contribution in [2.45, 2.75) is 19.8 Å². The van der Waals surface area contributed by atoms with E-state index >= 15 is 0 Å². The third-order valence-electron chi connectivity index (χ3n) is 2.24. The normalized spacial score (nSPS) is 10.5. The molecule has 0 amide bonds. The van der Waals surface area contributed by atoms with Gasteiger partial charge in [0.15, 0.2) is 11.6 Å². The van der Waals surface area contributed by atoms with Crippen molar-refractivity contribution >= 4 is 21.7 Å². The molecule has 1 aromatic heterocycles. The molecule has 0 saturated carbocycles. The van der Waals surface area contributed by atoms with Crippen LogP contribution in [-0.2, 0) is 0 Å². The van der Waals surface area contributed by atoms with E-state index in [9.17, 15) is 4.39 Å². The Morgan fingerprint density at radius 2 is 2.25 bits per heavy atom. The zero-order valence-corrected chi connectivity index (χ0v) is 10.9. The highest BCUT2D eigenvalue weighted by Gasteiger charge is 2.12. The molecule has 0 unspecified atom stereocenters. The quantitative estimate of drug-likeness (QED) is 0.875. The molecule has 3 nitrogen and oxygen atoms in total. The van der Waals surface area contributed by atoms with Gasteiger partial charge in [-0.3, -0.25) is 0 Å². The summed E-state index contributed by atoms with van der Waals surface area (Å²) in [6.45, 7) is 3.19. The number of aliphatic hydroxyl groups is 1. The van der Waals surface area contributed by atoms with Gasteiger partial charge in [0.2, 0.25) is 0 Å². The third-order valence-corrected chi connectivity index (χ3v) is 2.67. The number of unbranched alkanes of at least 4 members (excludes halogenated alkanes) is 1. The molecule has 16 heavy (non-hydrogen) atoms. The van der Waals surface area contributed by atoms with Crippen LogP contribution in [-0.4, -0.2) is 29.8 Å². The van der Waals surface area contributed by atoms with E-state index < -0.39 is 0 Å². The molecular formula is C11H16BrFN2O. The minimum Gasteiger partial charge on any atom is -0.395 e. The smallest absolute Gasteiger partial charge is 0.166 e. The molecule has 0 aliphatic carbocycles. The summed E-state index contributed by atoms with van der Waals surface area (Å²) in [7, 11) is 0. The molecule has 1 heterocycles. The lowest BCUT2D eigenvalue weighted by atomic mass is 10.3. The fraction of sp³-hybridized carbons (Fsp3) is 0.545. The number of nitrogens with zero attached hydrogens (tertiary/aromatic N) is 2. The molecule has 0 spiro atoms. The van der Waals surface area contributed by atoms with Gasteiger partial charge in [0.25, 0.3) is 0 Å². The van der Waals surface area contributed by atoms with E-state index in [2.05, 4.69) is 27.8 Å². The second-order valence-corrected chi connectivity index (χ2v) is 4.44. The van der Waals surface area contributed by atoms with E-state index in [1.165, 1.54) is 6.07 Å². The first-order chi connectivity index (χ1) is 7.69. The molecule has 0 bridgehead atoms. The third kappa shape index (κ3) is 3.72. The summed E-state index contributed by atoms with van der Waals surface area (Å²) in [5.74, 6) is -0.0513. The van der Waals surface area contributed by atoms with E-state index in [0.29, 0.717) is 23.4 Å². The summed E-state index contributed by atoms with van der Waals surface area (Å²) in [5.41, 5.74) is 0. The minimum atomic E-state index is -0.362. The Hall–Kier alpha value is -0.680. The van der Waals surface area contributed by atoms with Crippen LogP contribution in [0.25, 0.3) is 0 Å². The lowest BCUT2D eigenvalue weighted by Crippen LogP contribution is -2.29. The topological polar surface area (TPSA) is 36.4 Å². The van der Waals surface area contributed by atoms with Crippen molar-refractivity contribution in [3.05, 3.63) is 22.6 Å². The lowest BCUT2D eigenvalue weighted by Gasteiger charge is -2.22. The van der Waals surface area contributed by atoms with Crippen LogP contribution in [0.15, 0.2) is 16.7 Å². The van der Waals surface area contributed by atoms with Crippen LogP contribution in [0.2, 0.25) is 0 Å². The number of hydrogen-bond acceptors (Lipinski definition) is 3. The Labute approximate surface area is 103 Å². The highest BCUT2D eigenvalue weighted by molar-refractivity contribution is 9.10. The van der Waals surface area contributed by atoms with Gasteiger partial charge in [-0.05, 0) is 28.4 Å². The summed E-state index contributed by atoms with van der Waals surface area (Å²) in [5, 5.41) is 8.94. The molecule has 0 fully saturated rings. The number of aromatic nitrogens is 1. The van der Waals surface area contributed by atoms with Gasteiger partial charge < -0.3 is 10.0 Å². The monoisotopic (exact) mass is 290 g/mol.